The molecule has 0 aliphatic carbocycles. The number of hydrogen-bond donors (Lipinski definition) is 1. The summed E-state index contributed by atoms with van der Waals surface area (Å²) in [5.74, 6) is -0.791. The van der Waals surface area contributed by atoms with Crippen molar-refractivity contribution < 1.29 is 14.3 Å². The lowest BCUT2D eigenvalue weighted by Crippen LogP contribution is -2.60. The molecule has 0 saturated carbocycles. The highest BCUT2D eigenvalue weighted by molar-refractivity contribution is 6.27. The third kappa shape index (κ3) is 3.33. The van der Waals surface area contributed by atoms with Crippen molar-refractivity contribution in [2.75, 3.05) is 19.1 Å². The van der Waals surface area contributed by atoms with E-state index in [0.29, 0.717) is 13.2 Å². The van der Waals surface area contributed by atoms with Crippen molar-refractivity contribution in [3.05, 3.63) is 0 Å². The lowest BCUT2D eigenvalue weighted by Gasteiger charge is -2.43. The van der Waals surface area contributed by atoms with Crippen LogP contribution >= 0.6 is 11.6 Å². The van der Waals surface area contributed by atoms with Gasteiger partial charge in [0.15, 0.2) is 5.79 Å². The second-order valence-corrected chi connectivity index (χ2v) is 4.56. The van der Waals surface area contributed by atoms with E-state index in [1.54, 1.807) is 0 Å². The van der Waals surface area contributed by atoms with Gasteiger partial charge in [-0.2, -0.15) is 0 Å². The van der Waals surface area contributed by atoms with Crippen molar-refractivity contribution in [2.24, 2.45) is 0 Å². The fourth-order valence-corrected chi connectivity index (χ4v) is 1.47. The molecule has 88 valence electrons. The van der Waals surface area contributed by atoms with Gasteiger partial charge in [-0.1, -0.05) is 6.92 Å². The first-order valence-electron chi connectivity index (χ1n) is 5.08. The number of rotatable bonds is 3. The predicted molar refractivity (Wildman–Crippen MR) is 57.9 cm³/mol. The summed E-state index contributed by atoms with van der Waals surface area (Å²) >= 11 is 5.45. The Labute approximate surface area is 95.3 Å². The highest BCUT2D eigenvalue weighted by atomic mass is 35.5. The molecule has 0 spiro atoms. The van der Waals surface area contributed by atoms with Gasteiger partial charge in [0.1, 0.15) is 5.88 Å². The number of carbonyl (C=O) groups excluding carboxylic acids is 1. The summed E-state index contributed by atoms with van der Waals surface area (Å²) in [7, 11) is 0. The van der Waals surface area contributed by atoms with Crippen LogP contribution in [-0.4, -0.2) is 36.3 Å². The number of nitrogens with one attached hydrogen (secondary N) is 1. The summed E-state index contributed by atoms with van der Waals surface area (Å²) in [6.07, 6.45) is 0.756. The number of ether oxygens (including phenoxy) is 2. The summed E-state index contributed by atoms with van der Waals surface area (Å²) in [6.45, 7) is 6.61. The fourth-order valence-electron chi connectivity index (χ4n) is 1.40. The summed E-state index contributed by atoms with van der Waals surface area (Å²) in [5.41, 5.74) is -0.429. The molecule has 1 fully saturated rings. The maximum Gasteiger partial charge on any atom is 0.235 e. The van der Waals surface area contributed by atoms with Crippen molar-refractivity contribution in [3.63, 3.8) is 0 Å². The average molecular weight is 236 g/mol. The molecule has 1 heterocycles. The van der Waals surface area contributed by atoms with Crippen LogP contribution in [-0.2, 0) is 14.3 Å². The van der Waals surface area contributed by atoms with Gasteiger partial charge in [0.05, 0.1) is 18.8 Å². The third-order valence-corrected chi connectivity index (χ3v) is 2.84. The molecule has 1 amide bonds. The van der Waals surface area contributed by atoms with E-state index in [-0.39, 0.29) is 11.8 Å². The van der Waals surface area contributed by atoms with Crippen molar-refractivity contribution in [2.45, 2.75) is 38.5 Å². The lowest BCUT2D eigenvalue weighted by atomic mass is 9.97. The molecule has 15 heavy (non-hydrogen) atoms. The summed E-state index contributed by atoms with van der Waals surface area (Å²) in [5, 5.41) is 2.85. The van der Waals surface area contributed by atoms with E-state index in [4.69, 9.17) is 21.1 Å². The van der Waals surface area contributed by atoms with Gasteiger partial charge >= 0.3 is 0 Å². The minimum atomic E-state index is -0.565. The highest BCUT2D eigenvalue weighted by Crippen LogP contribution is 2.25. The van der Waals surface area contributed by atoms with Crippen LogP contribution < -0.4 is 5.32 Å². The maximum atomic E-state index is 11.3. The molecule has 4 nitrogen and oxygen atoms in total. The van der Waals surface area contributed by atoms with Crippen LogP contribution in [0.25, 0.3) is 0 Å². The Hall–Kier alpha value is -0.320. The molecule has 0 aromatic rings. The molecule has 0 bridgehead atoms. The minimum Gasteiger partial charge on any atom is -0.348 e. The molecule has 1 saturated heterocycles. The molecule has 1 aliphatic rings. The zero-order valence-corrected chi connectivity index (χ0v) is 10.2. The van der Waals surface area contributed by atoms with Crippen LogP contribution in [0, 0.1) is 0 Å². The number of amides is 1. The van der Waals surface area contributed by atoms with Crippen molar-refractivity contribution >= 4 is 17.5 Å². The molecule has 0 aromatic heterocycles. The van der Waals surface area contributed by atoms with Crippen molar-refractivity contribution in [3.8, 4) is 0 Å². The molecule has 1 N–H and O–H groups in total. The Balaban J connectivity index is 2.60. The quantitative estimate of drug-likeness (QED) is 0.750. The van der Waals surface area contributed by atoms with Crippen LogP contribution in [0.4, 0.5) is 0 Å². The van der Waals surface area contributed by atoms with Gasteiger partial charge in [-0.25, -0.2) is 0 Å². The zero-order valence-electron chi connectivity index (χ0n) is 9.43. The number of alkyl halides is 1. The van der Waals surface area contributed by atoms with E-state index >= 15 is 0 Å². The molecule has 0 unspecified atom stereocenters. The third-order valence-electron chi connectivity index (χ3n) is 2.59. The number of halogens is 1. The molecular formula is C10H18ClNO3. The van der Waals surface area contributed by atoms with Gasteiger partial charge in [-0.15, -0.1) is 11.6 Å². The van der Waals surface area contributed by atoms with Gasteiger partial charge in [0.25, 0.3) is 0 Å². The van der Waals surface area contributed by atoms with Gasteiger partial charge in [0, 0.05) is 0 Å². The van der Waals surface area contributed by atoms with Gasteiger partial charge in [0.2, 0.25) is 5.91 Å². The first kappa shape index (κ1) is 12.7. The number of hydrogen-bond acceptors (Lipinski definition) is 3. The molecule has 5 heteroatoms. The molecular weight excluding hydrogens is 218 g/mol. The van der Waals surface area contributed by atoms with E-state index in [9.17, 15) is 4.79 Å². The first-order valence-corrected chi connectivity index (χ1v) is 5.61. The second kappa shape index (κ2) is 4.68. The Kier molecular flexibility index (Phi) is 3.98. The van der Waals surface area contributed by atoms with E-state index < -0.39 is 11.3 Å². The molecule has 1 aliphatic heterocycles. The average Bonchev–Trinajstić information content (AvgIpc) is 2.22. The largest absolute Gasteiger partial charge is 0.348 e. The maximum absolute atomic E-state index is 11.3. The summed E-state index contributed by atoms with van der Waals surface area (Å²) in [6, 6.07) is 0. The van der Waals surface area contributed by atoms with E-state index in [1.165, 1.54) is 0 Å². The van der Waals surface area contributed by atoms with Crippen LogP contribution in [0.3, 0.4) is 0 Å². The Morgan fingerprint density at radius 3 is 2.33 bits per heavy atom. The zero-order chi connectivity index (χ0) is 11.5. The van der Waals surface area contributed by atoms with Gasteiger partial charge < -0.3 is 14.8 Å². The van der Waals surface area contributed by atoms with Gasteiger partial charge in [-0.05, 0) is 20.3 Å². The molecule has 0 atom stereocenters. The normalized spacial score (nSPS) is 23.5. The standard InChI is InChI=1S/C10H18ClNO3/c1-4-10(12-8(13)5-11)6-14-9(2,3)15-7-10/h4-7H2,1-3H3,(H,12,13). The predicted octanol–water partition coefficient (Wildman–Crippen LogP) is 1.27. The monoisotopic (exact) mass is 235 g/mol. The molecule has 1 rings (SSSR count). The Bertz CT molecular complexity index is 233. The van der Waals surface area contributed by atoms with Crippen LogP contribution in [0.15, 0.2) is 0 Å². The van der Waals surface area contributed by atoms with Crippen LogP contribution in [0.2, 0.25) is 0 Å². The van der Waals surface area contributed by atoms with Crippen molar-refractivity contribution in [1.82, 2.24) is 5.32 Å². The number of carbonyl (C=O) groups is 1. The van der Waals surface area contributed by atoms with E-state index in [2.05, 4.69) is 5.32 Å². The second-order valence-electron chi connectivity index (χ2n) is 4.29. The Morgan fingerprint density at radius 1 is 1.40 bits per heavy atom. The lowest BCUT2D eigenvalue weighted by molar-refractivity contribution is -0.271. The first-order chi connectivity index (χ1) is 6.93. The minimum absolute atomic E-state index is 0.0366. The molecule has 0 radical (unpaired) electrons. The fraction of sp³-hybridized carbons (Fsp3) is 0.900. The van der Waals surface area contributed by atoms with Gasteiger partial charge in [-0.3, -0.25) is 4.79 Å². The van der Waals surface area contributed by atoms with Crippen molar-refractivity contribution in [1.29, 1.82) is 0 Å². The van der Waals surface area contributed by atoms with Crippen LogP contribution in [0.1, 0.15) is 27.2 Å². The SMILES string of the molecule is CCC1(NC(=O)CCl)COC(C)(C)OC1. The van der Waals surface area contributed by atoms with E-state index in [1.807, 2.05) is 20.8 Å². The summed E-state index contributed by atoms with van der Waals surface area (Å²) in [4.78, 5) is 11.3. The highest BCUT2D eigenvalue weighted by Gasteiger charge is 2.39. The van der Waals surface area contributed by atoms with Crippen LogP contribution in [0.5, 0.6) is 0 Å². The van der Waals surface area contributed by atoms with E-state index in [0.717, 1.165) is 6.42 Å². The molecule has 0 aromatic carbocycles. The Morgan fingerprint density at radius 2 is 1.93 bits per heavy atom. The summed E-state index contributed by atoms with van der Waals surface area (Å²) < 4.78 is 11.1. The smallest absolute Gasteiger partial charge is 0.235 e. The topological polar surface area (TPSA) is 47.6 Å².